The van der Waals surface area contributed by atoms with Gasteiger partial charge in [-0.05, 0) is 51.2 Å². The molecule has 0 aliphatic carbocycles. The molecule has 3 aromatic heterocycles. The summed E-state index contributed by atoms with van der Waals surface area (Å²) in [4.78, 5) is 15.6. The van der Waals surface area contributed by atoms with E-state index in [1.807, 2.05) is 35.6 Å². The third kappa shape index (κ3) is 5.95. The second-order valence-electron chi connectivity index (χ2n) is 14.4. The third-order valence-electron chi connectivity index (χ3n) is 10.9. The zero-order chi connectivity index (χ0) is 37.7. The molecule has 3 nitrogen and oxygen atoms in total. The highest BCUT2D eigenvalue weighted by Crippen LogP contribution is 2.44. The molecule has 0 saturated carbocycles. The highest BCUT2D eigenvalue weighted by atomic mass is 32.1. The van der Waals surface area contributed by atoms with Gasteiger partial charge in [0.1, 0.15) is 0 Å². The van der Waals surface area contributed by atoms with Crippen LogP contribution in [0.1, 0.15) is 0 Å². The first-order chi connectivity index (χ1) is 28.2. The molecule has 0 N–H and O–H groups in total. The standard InChI is InChI=1S/C53H33N3S/c1-3-12-34(13-4-1)35-22-26-38(27-23-35)46-33-47(56-53(55-46)40-15-5-2-6-16-40)39-28-24-36(25-29-39)41-30-31-44-48(32-41)54-51(43-20-11-17-37-14-7-8-18-42(37)43)50-45-19-9-10-21-49(45)57-52(44)50/h1-33H. The van der Waals surface area contributed by atoms with Gasteiger partial charge in [-0.15, -0.1) is 11.3 Å². The summed E-state index contributed by atoms with van der Waals surface area (Å²) in [5, 5.41) is 6.08. The minimum atomic E-state index is 0.703. The van der Waals surface area contributed by atoms with E-state index in [4.69, 9.17) is 15.0 Å². The lowest BCUT2D eigenvalue weighted by Crippen LogP contribution is -1.96. The van der Waals surface area contributed by atoms with Crippen LogP contribution < -0.4 is 0 Å². The molecular formula is C53H33N3S. The molecular weight excluding hydrogens is 711 g/mol. The number of aromatic nitrogens is 3. The number of fused-ring (bicyclic) bond motifs is 6. The summed E-state index contributed by atoms with van der Waals surface area (Å²) in [5.41, 5.74) is 12.6. The van der Waals surface area contributed by atoms with Gasteiger partial charge in [0.25, 0.3) is 0 Å². The minimum absolute atomic E-state index is 0.703. The van der Waals surface area contributed by atoms with Crippen molar-refractivity contribution in [1.29, 1.82) is 0 Å². The van der Waals surface area contributed by atoms with Crippen molar-refractivity contribution in [2.75, 3.05) is 0 Å². The molecule has 4 heteroatoms. The smallest absolute Gasteiger partial charge is 0.160 e. The van der Waals surface area contributed by atoms with Crippen LogP contribution >= 0.6 is 11.3 Å². The number of hydrogen-bond donors (Lipinski definition) is 0. The van der Waals surface area contributed by atoms with E-state index in [9.17, 15) is 0 Å². The van der Waals surface area contributed by atoms with E-state index in [1.165, 1.54) is 47.5 Å². The van der Waals surface area contributed by atoms with Crippen LogP contribution in [0.2, 0.25) is 0 Å². The van der Waals surface area contributed by atoms with Crippen molar-refractivity contribution in [3.8, 4) is 67.4 Å². The molecule has 0 amide bonds. The quantitative estimate of drug-likeness (QED) is 0.170. The van der Waals surface area contributed by atoms with Gasteiger partial charge in [0.15, 0.2) is 5.82 Å². The summed E-state index contributed by atoms with van der Waals surface area (Å²) >= 11 is 1.85. The van der Waals surface area contributed by atoms with Crippen LogP contribution in [0.4, 0.5) is 0 Å². The molecule has 3 heterocycles. The molecule has 0 spiro atoms. The predicted octanol–water partition coefficient (Wildman–Crippen LogP) is 14.5. The summed E-state index contributed by atoms with van der Waals surface area (Å²) in [6.07, 6.45) is 0. The van der Waals surface area contributed by atoms with E-state index in [1.54, 1.807) is 0 Å². The molecule has 0 aliphatic rings. The van der Waals surface area contributed by atoms with Crippen LogP contribution in [-0.4, -0.2) is 15.0 Å². The molecule has 0 fully saturated rings. The Hall–Kier alpha value is -7.27. The second-order valence-corrected chi connectivity index (χ2v) is 15.4. The normalized spacial score (nSPS) is 11.5. The van der Waals surface area contributed by atoms with E-state index < -0.39 is 0 Å². The number of benzene rings is 8. The Morgan fingerprint density at radius 3 is 1.61 bits per heavy atom. The van der Waals surface area contributed by atoms with E-state index >= 15 is 0 Å². The Kier molecular flexibility index (Phi) is 8.01. The van der Waals surface area contributed by atoms with E-state index in [0.29, 0.717) is 5.82 Å². The van der Waals surface area contributed by atoms with Crippen molar-refractivity contribution in [3.05, 3.63) is 200 Å². The fourth-order valence-corrected chi connectivity index (χ4v) is 9.26. The van der Waals surface area contributed by atoms with Crippen molar-refractivity contribution in [1.82, 2.24) is 15.0 Å². The average Bonchev–Trinajstić information content (AvgIpc) is 3.69. The maximum absolute atomic E-state index is 5.49. The van der Waals surface area contributed by atoms with Gasteiger partial charge >= 0.3 is 0 Å². The predicted molar refractivity (Wildman–Crippen MR) is 240 cm³/mol. The van der Waals surface area contributed by atoms with Crippen LogP contribution in [0.5, 0.6) is 0 Å². The van der Waals surface area contributed by atoms with Crippen LogP contribution in [0.25, 0.3) is 109 Å². The number of pyridine rings is 1. The molecule has 11 aromatic rings. The van der Waals surface area contributed by atoms with Crippen LogP contribution in [0.3, 0.4) is 0 Å². The summed E-state index contributed by atoms with van der Waals surface area (Å²) in [6, 6.07) is 70.7. The first-order valence-electron chi connectivity index (χ1n) is 19.2. The van der Waals surface area contributed by atoms with Crippen molar-refractivity contribution in [2.24, 2.45) is 0 Å². The number of nitrogens with zero attached hydrogens (tertiary/aromatic N) is 3. The minimum Gasteiger partial charge on any atom is -0.247 e. The lowest BCUT2D eigenvalue weighted by atomic mass is 9.96. The third-order valence-corrected chi connectivity index (χ3v) is 12.1. The number of thiophene rings is 1. The molecule has 11 rings (SSSR count). The number of hydrogen-bond acceptors (Lipinski definition) is 4. The van der Waals surface area contributed by atoms with Crippen molar-refractivity contribution in [2.45, 2.75) is 0 Å². The van der Waals surface area contributed by atoms with Crippen LogP contribution in [-0.2, 0) is 0 Å². The Morgan fingerprint density at radius 1 is 0.351 bits per heavy atom. The zero-order valence-electron chi connectivity index (χ0n) is 30.8. The molecule has 57 heavy (non-hydrogen) atoms. The lowest BCUT2D eigenvalue weighted by molar-refractivity contribution is 1.18. The van der Waals surface area contributed by atoms with Gasteiger partial charge in [-0.2, -0.15) is 0 Å². The Morgan fingerprint density at radius 2 is 0.895 bits per heavy atom. The first kappa shape index (κ1) is 33.1. The monoisotopic (exact) mass is 743 g/mol. The van der Waals surface area contributed by atoms with Gasteiger partial charge in [-0.1, -0.05) is 182 Å². The topological polar surface area (TPSA) is 38.7 Å². The maximum atomic E-state index is 5.49. The summed E-state index contributed by atoms with van der Waals surface area (Å²) < 4.78 is 2.55. The summed E-state index contributed by atoms with van der Waals surface area (Å²) in [6.45, 7) is 0. The molecule has 0 saturated heterocycles. The summed E-state index contributed by atoms with van der Waals surface area (Å²) in [7, 11) is 0. The highest BCUT2D eigenvalue weighted by molar-refractivity contribution is 7.26. The molecule has 0 radical (unpaired) electrons. The first-order valence-corrected chi connectivity index (χ1v) is 20.0. The van der Waals surface area contributed by atoms with Gasteiger partial charge in [0, 0.05) is 47.8 Å². The SMILES string of the molecule is c1ccc(-c2ccc(-c3cc(-c4ccc(-c5ccc6c(c5)nc(-c5cccc7ccccc57)c5c7ccccc7sc65)cc4)nc(-c4ccccc4)n3)cc2)cc1. The largest absolute Gasteiger partial charge is 0.247 e. The highest BCUT2D eigenvalue weighted by Gasteiger charge is 2.18. The number of rotatable bonds is 6. The molecule has 0 atom stereocenters. The van der Waals surface area contributed by atoms with Crippen molar-refractivity contribution < 1.29 is 0 Å². The molecule has 266 valence electrons. The maximum Gasteiger partial charge on any atom is 0.160 e. The Labute approximate surface area is 334 Å². The molecule has 0 unspecified atom stereocenters. The van der Waals surface area contributed by atoms with Crippen molar-refractivity contribution in [3.63, 3.8) is 0 Å². The molecule has 0 bridgehead atoms. The summed E-state index contributed by atoms with van der Waals surface area (Å²) in [5.74, 6) is 0.703. The van der Waals surface area contributed by atoms with Gasteiger partial charge < -0.3 is 0 Å². The van der Waals surface area contributed by atoms with E-state index in [2.05, 4.69) is 176 Å². The zero-order valence-corrected chi connectivity index (χ0v) is 31.6. The molecule has 8 aromatic carbocycles. The van der Waals surface area contributed by atoms with Gasteiger partial charge in [-0.25, -0.2) is 15.0 Å². The van der Waals surface area contributed by atoms with Gasteiger partial charge in [0.2, 0.25) is 0 Å². The Balaban J connectivity index is 1.00. The average molecular weight is 744 g/mol. The van der Waals surface area contributed by atoms with Crippen molar-refractivity contribution >= 4 is 53.2 Å². The fraction of sp³-hybridized carbons (Fsp3) is 0. The Bertz CT molecular complexity index is 3260. The van der Waals surface area contributed by atoms with Crippen LogP contribution in [0.15, 0.2) is 200 Å². The van der Waals surface area contributed by atoms with Gasteiger partial charge in [0.05, 0.1) is 22.6 Å². The second kappa shape index (κ2) is 13.8. The fourth-order valence-electron chi connectivity index (χ4n) is 8.03. The van der Waals surface area contributed by atoms with Crippen LogP contribution in [0, 0.1) is 0 Å². The van der Waals surface area contributed by atoms with E-state index in [-0.39, 0.29) is 0 Å². The lowest BCUT2D eigenvalue weighted by Gasteiger charge is -2.12. The van der Waals surface area contributed by atoms with E-state index in [0.717, 1.165) is 56.0 Å². The molecule has 0 aliphatic heterocycles. The van der Waals surface area contributed by atoms with Gasteiger partial charge in [-0.3, -0.25) is 0 Å².